The number of anilines is 3. The molecule has 4 aliphatic rings. The molecule has 2 aromatic heterocycles. The first-order valence-electron chi connectivity index (χ1n) is 26.2. The SMILES string of the molecule is CCC(=O)N1CCN(c2nc(NCCC(=O)N3CCC(CN4CCN(Cc5ccc(-n6c(C(N)=O)nnc6-c6cc(CC)c(O)cc6O)cc5)CC4)CC3)nc3c2CCN(c2cc(O)cc4ccccc24)C3)CC1. The quantitative estimate of drug-likeness (QED) is 0.0899. The van der Waals surface area contributed by atoms with Crippen molar-refractivity contribution in [2.75, 3.05) is 100 Å². The standard InChI is InChI=1S/C55H67N13O6/c1-3-38-30-44(48(71)32-47(38)70)53-60-61-54(51(56)74)68(53)40-11-9-36(10-12-40)33-62-21-23-63(24-22-62)34-37-14-18-64(19-15-37)50(73)13-17-57-55-58-45-35-67(46-31-41(69)29-39-7-5-6-8-42(39)46)20-16-43(45)52(59-55)66-27-25-65(26-28-66)49(72)4-2/h5-12,29-32,37,69-71H,3-4,13-28,33-35H2,1-2H3,(H2,56,74)(H,57,58,59). The Morgan fingerprint density at radius 1 is 0.743 bits per heavy atom. The molecule has 0 atom stereocenters. The molecule has 3 amide bonds. The molecule has 10 rings (SSSR count). The lowest BCUT2D eigenvalue weighted by Gasteiger charge is -2.39. The Morgan fingerprint density at radius 3 is 2.20 bits per heavy atom. The highest BCUT2D eigenvalue weighted by atomic mass is 16.3. The molecule has 0 radical (unpaired) electrons. The number of aryl methyl sites for hydroxylation is 1. The van der Waals surface area contributed by atoms with Gasteiger partial charge in [0.2, 0.25) is 23.6 Å². The van der Waals surface area contributed by atoms with E-state index in [1.807, 2.05) is 72.2 Å². The van der Waals surface area contributed by atoms with E-state index in [4.69, 9.17) is 15.7 Å². The summed E-state index contributed by atoms with van der Waals surface area (Å²) in [5, 5.41) is 45.4. The number of hydrogen-bond acceptors (Lipinski definition) is 15. The van der Waals surface area contributed by atoms with E-state index in [9.17, 15) is 29.7 Å². The van der Waals surface area contributed by atoms with Crippen molar-refractivity contribution in [3.63, 3.8) is 0 Å². The van der Waals surface area contributed by atoms with Crippen molar-refractivity contribution in [1.29, 1.82) is 0 Å². The van der Waals surface area contributed by atoms with Gasteiger partial charge in [-0.2, -0.15) is 4.98 Å². The molecule has 4 aromatic carbocycles. The number of nitrogens with zero attached hydrogens (tertiary/aromatic N) is 11. The Bertz CT molecular complexity index is 3010. The number of benzene rings is 4. The van der Waals surface area contributed by atoms with Crippen LogP contribution >= 0.6 is 0 Å². The second-order valence-electron chi connectivity index (χ2n) is 20.0. The molecule has 0 saturated carbocycles. The third kappa shape index (κ3) is 10.8. The number of nitrogens with two attached hydrogens (primary N) is 1. The molecule has 6 heterocycles. The molecule has 19 heteroatoms. The van der Waals surface area contributed by atoms with Gasteiger partial charge in [0.15, 0.2) is 5.82 Å². The number of likely N-dealkylation sites (tertiary alicyclic amines) is 1. The third-order valence-electron chi connectivity index (χ3n) is 15.3. The summed E-state index contributed by atoms with van der Waals surface area (Å²) in [4.78, 5) is 62.2. The van der Waals surface area contributed by atoms with Gasteiger partial charge in [-0.3, -0.25) is 23.9 Å². The zero-order chi connectivity index (χ0) is 51.5. The van der Waals surface area contributed by atoms with Crippen molar-refractivity contribution in [2.45, 2.75) is 65.5 Å². The molecule has 4 aliphatic heterocycles. The molecule has 3 fully saturated rings. The van der Waals surface area contributed by atoms with E-state index in [1.165, 1.54) is 10.6 Å². The van der Waals surface area contributed by atoms with Gasteiger partial charge < -0.3 is 50.9 Å². The molecule has 6 aromatic rings. The van der Waals surface area contributed by atoms with Crippen molar-refractivity contribution in [1.82, 2.24) is 44.3 Å². The van der Waals surface area contributed by atoms with Crippen molar-refractivity contribution in [3.8, 4) is 34.3 Å². The first-order valence-corrected chi connectivity index (χ1v) is 26.2. The molecule has 388 valence electrons. The molecule has 0 bridgehead atoms. The van der Waals surface area contributed by atoms with Gasteiger partial charge in [0.25, 0.3) is 5.91 Å². The summed E-state index contributed by atoms with van der Waals surface area (Å²) in [6, 6.07) is 22.5. The molecular weight excluding hydrogens is 939 g/mol. The number of nitrogens with one attached hydrogen (secondary N) is 1. The molecule has 0 spiro atoms. The first-order chi connectivity index (χ1) is 35.9. The maximum atomic E-state index is 13.6. The number of amides is 3. The van der Waals surface area contributed by atoms with Gasteiger partial charge in [-0.25, -0.2) is 4.98 Å². The lowest BCUT2D eigenvalue weighted by atomic mass is 9.95. The normalized spacial score (nSPS) is 16.9. The number of piperidine rings is 1. The van der Waals surface area contributed by atoms with Gasteiger partial charge in [-0.15, -0.1) is 10.2 Å². The highest BCUT2D eigenvalue weighted by molar-refractivity contribution is 5.96. The largest absolute Gasteiger partial charge is 0.508 e. The number of aromatic nitrogens is 5. The Morgan fingerprint density at radius 2 is 1.47 bits per heavy atom. The predicted octanol–water partition coefficient (Wildman–Crippen LogP) is 5.14. The number of hydrogen-bond donors (Lipinski definition) is 5. The van der Waals surface area contributed by atoms with E-state index >= 15 is 0 Å². The number of phenols is 3. The van der Waals surface area contributed by atoms with Gasteiger partial charge in [0, 0.05) is 139 Å². The topological polar surface area (TPSA) is 226 Å². The predicted molar refractivity (Wildman–Crippen MR) is 284 cm³/mol. The molecule has 0 unspecified atom stereocenters. The van der Waals surface area contributed by atoms with Crippen molar-refractivity contribution in [3.05, 3.63) is 101 Å². The highest BCUT2D eigenvalue weighted by Gasteiger charge is 2.31. The lowest BCUT2D eigenvalue weighted by Crippen LogP contribution is -2.49. The number of primary amides is 1. The third-order valence-corrected chi connectivity index (χ3v) is 15.3. The minimum Gasteiger partial charge on any atom is -0.508 e. The number of fused-ring (bicyclic) bond motifs is 2. The highest BCUT2D eigenvalue weighted by Crippen LogP contribution is 2.38. The number of rotatable bonds is 15. The fourth-order valence-corrected chi connectivity index (χ4v) is 11.1. The van der Waals surface area contributed by atoms with Crippen LogP contribution in [0.4, 0.5) is 17.5 Å². The summed E-state index contributed by atoms with van der Waals surface area (Å²) < 4.78 is 1.54. The minimum absolute atomic E-state index is 0.0193. The molecule has 19 nitrogen and oxygen atoms in total. The first kappa shape index (κ1) is 50.0. The van der Waals surface area contributed by atoms with Crippen LogP contribution in [0.3, 0.4) is 0 Å². The molecule has 74 heavy (non-hydrogen) atoms. The number of phenolic OH excluding ortho intramolecular Hbond substituents is 3. The Kier molecular flexibility index (Phi) is 14.8. The minimum atomic E-state index is -0.750. The Hall–Kier alpha value is -7.51. The average molecular weight is 1010 g/mol. The summed E-state index contributed by atoms with van der Waals surface area (Å²) in [7, 11) is 0. The van der Waals surface area contributed by atoms with Gasteiger partial charge in [-0.1, -0.05) is 50.2 Å². The number of aromatic hydroxyl groups is 3. The monoisotopic (exact) mass is 1010 g/mol. The van der Waals surface area contributed by atoms with Crippen LogP contribution in [0.25, 0.3) is 27.8 Å². The van der Waals surface area contributed by atoms with Crippen LogP contribution in [-0.2, 0) is 35.5 Å². The van der Waals surface area contributed by atoms with Gasteiger partial charge in [0.1, 0.15) is 23.1 Å². The zero-order valence-electron chi connectivity index (χ0n) is 42.4. The second kappa shape index (κ2) is 21.9. The maximum absolute atomic E-state index is 13.6. The Labute approximate surface area is 431 Å². The van der Waals surface area contributed by atoms with Gasteiger partial charge in [-0.05, 0) is 72.4 Å². The van der Waals surface area contributed by atoms with Gasteiger partial charge >= 0.3 is 0 Å². The van der Waals surface area contributed by atoms with E-state index in [2.05, 4.69) is 41.2 Å². The van der Waals surface area contributed by atoms with Crippen LogP contribution in [0.5, 0.6) is 17.2 Å². The summed E-state index contributed by atoms with van der Waals surface area (Å²) in [5.41, 5.74) is 11.4. The summed E-state index contributed by atoms with van der Waals surface area (Å²) >= 11 is 0. The van der Waals surface area contributed by atoms with E-state index in [1.54, 1.807) is 12.1 Å². The van der Waals surface area contributed by atoms with E-state index in [0.717, 1.165) is 117 Å². The van der Waals surface area contributed by atoms with Crippen LogP contribution in [0, 0.1) is 5.92 Å². The second-order valence-corrected chi connectivity index (χ2v) is 20.0. The van der Waals surface area contributed by atoms with Crippen LogP contribution < -0.4 is 20.9 Å². The zero-order valence-corrected chi connectivity index (χ0v) is 42.4. The summed E-state index contributed by atoms with van der Waals surface area (Å²) in [5.74, 6) is 1.68. The fraction of sp³-hybridized carbons (Fsp3) is 0.436. The maximum Gasteiger partial charge on any atom is 0.287 e. The van der Waals surface area contributed by atoms with E-state index in [0.29, 0.717) is 87.2 Å². The van der Waals surface area contributed by atoms with Crippen molar-refractivity contribution < 1.29 is 29.7 Å². The van der Waals surface area contributed by atoms with Crippen molar-refractivity contribution in [2.24, 2.45) is 11.7 Å². The van der Waals surface area contributed by atoms with Crippen LogP contribution in [0.1, 0.15) is 72.5 Å². The fourth-order valence-electron chi connectivity index (χ4n) is 11.1. The smallest absolute Gasteiger partial charge is 0.287 e. The average Bonchev–Trinajstić information content (AvgIpc) is 3.87. The molecular formula is C55H67N13O6. The number of piperazine rings is 2. The summed E-state index contributed by atoms with van der Waals surface area (Å²) in [6.45, 7) is 15.3. The van der Waals surface area contributed by atoms with Crippen molar-refractivity contribution >= 4 is 45.9 Å². The van der Waals surface area contributed by atoms with E-state index < -0.39 is 5.91 Å². The summed E-state index contributed by atoms with van der Waals surface area (Å²) in [6.07, 6.45) is 4.05. The number of carbonyl (C=O) groups excluding carboxylic acids is 3. The van der Waals surface area contributed by atoms with E-state index in [-0.39, 0.29) is 40.7 Å². The van der Waals surface area contributed by atoms with Crippen LogP contribution in [-0.4, -0.2) is 162 Å². The molecule has 6 N–H and O–H groups in total. The number of carbonyl (C=O) groups is 3. The van der Waals surface area contributed by atoms with Crippen LogP contribution in [0.15, 0.2) is 72.8 Å². The van der Waals surface area contributed by atoms with Crippen LogP contribution in [0.2, 0.25) is 0 Å². The lowest BCUT2D eigenvalue weighted by molar-refractivity contribution is -0.132. The Balaban J connectivity index is 0.705. The molecule has 3 saturated heterocycles. The van der Waals surface area contributed by atoms with Gasteiger partial charge in [0.05, 0.1) is 17.8 Å². The molecule has 0 aliphatic carbocycles.